The van der Waals surface area contributed by atoms with E-state index in [0.717, 1.165) is 0 Å². The molecule has 1 heterocycles. The second kappa shape index (κ2) is 6.11. The first-order valence-electron chi connectivity index (χ1n) is 6.75. The second-order valence-electron chi connectivity index (χ2n) is 5.93. The maximum absolute atomic E-state index is 12.3. The number of rotatable bonds is 5. The van der Waals surface area contributed by atoms with Crippen molar-refractivity contribution in [3.63, 3.8) is 0 Å². The lowest BCUT2D eigenvalue weighted by Gasteiger charge is -2.27. The average molecular weight is 280 g/mol. The molecule has 0 spiro atoms. The molecular formula is C13H23F3N2O. The number of nitrogens with one attached hydrogen (secondary N) is 1. The van der Waals surface area contributed by atoms with Gasteiger partial charge in [0.2, 0.25) is 5.91 Å². The van der Waals surface area contributed by atoms with Crippen LogP contribution in [-0.4, -0.2) is 35.7 Å². The third-order valence-electron chi connectivity index (χ3n) is 3.26. The molecule has 1 saturated heterocycles. The number of hydrogen-bond acceptors (Lipinski definition) is 2. The Morgan fingerprint density at radius 3 is 2.26 bits per heavy atom. The summed E-state index contributed by atoms with van der Waals surface area (Å²) >= 11 is 0. The molecule has 0 aromatic carbocycles. The molecular weight excluding hydrogens is 257 g/mol. The van der Waals surface area contributed by atoms with Crippen molar-refractivity contribution in [1.29, 1.82) is 0 Å². The molecule has 1 N–H and O–H groups in total. The Labute approximate surface area is 112 Å². The molecule has 0 aromatic rings. The van der Waals surface area contributed by atoms with Gasteiger partial charge in [0.25, 0.3) is 0 Å². The standard InChI is InChI=1S/C13H23F3N2O/c1-8(2)7-10-12(19)18(6-5-13(14,15)16)11(17-10)9(3)4/h8-11,17H,5-7H2,1-4H3. The topological polar surface area (TPSA) is 32.3 Å². The van der Waals surface area contributed by atoms with Gasteiger partial charge in [-0.1, -0.05) is 27.7 Å². The highest BCUT2D eigenvalue weighted by Gasteiger charge is 2.41. The summed E-state index contributed by atoms with van der Waals surface area (Å²) in [7, 11) is 0. The Hall–Kier alpha value is -0.780. The highest BCUT2D eigenvalue weighted by atomic mass is 19.4. The fourth-order valence-corrected chi connectivity index (χ4v) is 2.39. The lowest BCUT2D eigenvalue weighted by molar-refractivity contribution is -0.145. The molecule has 2 unspecified atom stereocenters. The maximum Gasteiger partial charge on any atom is 0.390 e. The van der Waals surface area contributed by atoms with E-state index in [0.29, 0.717) is 12.3 Å². The smallest absolute Gasteiger partial charge is 0.325 e. The average Bonchev–Trinajstić information content (AvgIpc) is 2.52. The van der Waals surface area contributed by atoms with Gasteiger partial charge < -0.3 is 4.90 Å². The predicted octanol–water partition coefficient (Wildman–Crippen LogP) is 2.77. The Kier molecular flexibility index (Phi) is 5.24. The summed E-state index contributed by atoms with van der Waals surface area (Å²) in [6.45, 7) is 7.55. The van der Waals surface area contributed by atoms with Gasteiger partial charge in [0, 0.05) is 6.54 Å². The van der Waals surface area contributed by atoms with E-state index < -0.39 is 12.6 Å². The SMILES string of the molecule is CC(C)CC1NC(C(C)C)N(CCC(F)(F)F)C1=O. The van der Waals surface area contributed by atoms with Crippen LogP contribution in [0.5, 0.6) is 0 Å². The van der Waals surface area contributed by atoms with Crippen LogP contribution in [-0.2, 0) is 4.79 Å². The van der Waals surface area contributed by atoms with Crippen LogP contribution in [0.15, 0.2) is 0 Å². The van der Waals surface area contributed by atoms with Crippen LogP contribution in [0.3, 0.4) is 0 Å². The molecule has 6 heteroatoms. The molecule has 0 radical (unpaired) electrons. The van der Waals surface area contributed by atoms with Gasteiger partial charge in [-0.05, 0) is 18.3 Å². The molecule has 1 rings (SSSR count). The Morgan fingerprint density at radius 2 is 1.84 bits per heavy atom. The summed E-state index contributed by atoms with van der Waals surface area (Å²) in [5, 5.41) is 3.17. The van der Waals surface area contributed by atoms with Gasteiger partial charge in [0.15, 0.2) is 0 Å². The number of nitrogens with zero attached hydrogens (tertiary/aromatic N) is 1. The first-order chi connectivity index (χ1) is 8.61. The van der Waals surface area contributed by atoms with E-state index in [9.17, 15) is 18.0 Å². The van der Waals surface area contributed by atoms with Gasteiger partial charge in [0.1, 0.15) is 0 Å². The van der Waals surface area contributed by atoms with Crippen LogP contribution in [0.1, 0.15) is 40.5 Å². The highest BCUT2D eigenvalue weighted by Crippen LogP contribution is 2.25. The molecule has 1 amide bonds. The third-order valence-corrected chi connectivity index (χ3v) is 3.26. The summed E-state index contributed by atoms with van der Waals surface area (Å²) < 4.78 is 36.9. The minimum absolute atomic E-state index is 0.0920. The fourth-order valence-electron chi connectivity index (χ4n) is 2.39. The molecule has 1 aliphatic rings. The van der Waals surface area contributed by atoms with Crippen molar-refractivity contribution in [2.75, 3.05) is 6.54 Å². The molecule has 0 aromatic heterocycles. The van der Waals surface area contributed by atoms with E-state index in [2.05, 4.69) is 5.32 Å². The number of carbonyl (C=O) groups is 1. The molecule has 1 aliphatic heterocycles. The minimum atomic E-state index is -4.22. The summed E-state index contributed by atoms with van der Waals surface area (Å²) in [4.78, 5) is 13.5. The number of halogens is 3. The fraction of sp³-hybridized carbons (Fsp3) is 0.923. The normalized spacial score (nSPS) is 24.9. The molecule has 3 nitrogen and oxygen atoms in total. The Balaban J connectivity index is 2.72. The zero-order valence-electron chi connectivity index (χ0n) is 11.9. The quantitative estimate of drug-likeness (QED) is 0.840. The molecule has 0 bridgehead atoms. The van der Waals surface area contributed by atoms with Crippen LogP contribution >= 0.6 is 0 Å². The number of alkyl halides is 3. The van der Waals surface area contributed by atoms with E-state index in [4.69, 9.17) is 0 Å². The van der Waals surface area contributed by atoms with E-state index in [1.165, 1.54) is 4.90 Å². The van der Waals surface area contributed by atoms with Gasteiger partial charge in [0.05, 0.1) is 18.6 Å². The highest BCUT2D eigenvalue weighted by molar-refractivity contribution is 5.84. The lowest BCUT2D eigenvalue weighted by atomic mass is 10.0. The summed E-state index contributed by atoms with van der Waals surface area (Å²) in [6, 6.07) is -0.347. The van der Waals surface area contributed by atoms with Gasteiger partial charge in [-0.15, -0.1) is 0 Å². The van der Waals surface area contributed by atoms with Crippen molar-refractivity contribution >= 4 is 5.91 Å². The van der Waals surface area contributed by atoms with Crippen molar-refractivity contribution in [3.8, 4) is 0 Å². The van der Waals surface area contributed by atoms with Gasteiger partial charge in [-0.25, -0.2) is 0 Å². The lowest BCUT2D eigenvalue weighted by Crippen LogP contribution is -2.42. The largest absolute Gasteiger partial charge is 0.390 e. The molecule has 0 saturated carbocycles. The maximum atomic E-state index is 12.3. The molecule has 19 heavy (non-hydrogen) atoms. The molecule has 1 fully saturated rings. The summed E-state index contributed by atoms with van der Waals surface area (Å²) in [5.41, 5.74) is 0. The minimum Gasteiger partial charge on any atom is -0.325 e. The third kappa shape index (κ3) is 4.67. The van der Waals surface area contributed by atoms with E-state index in [1.807, 2.05) is 27.7 Å². The van der Waals surface area contributed by atoms with Crippen molar-refractivity contribution in [3.05, 3.63) is 0 Å². The molecule has 112 valence electrons. The van der Waals surface area contributed by atoms with Crippen LogP contribution in [0, 0.1) is 11.8 Å². The Bertz CT molecular complexity index is 316. The van der Waals surface area contributed by atoms with Crippen LogP contribution in [0.25, 0.3) is 0 Å². The summed E-state index contributed by atoms with van der Waals surface area (Å²) in [5.74, 6) is 0.225. The molecule has 2 atom stereocenters. The van der Waals surface area contributed by atoms with Crippen LogP contribution < -0.4 is 5.32 Å². The van der Waals surface area contributed by atoms with E-state index in [1.54, 1.807) is 0 Å². The van der Waals surface area contributed by atoms with Gasteiger partial charge >= 0.3 is 6.18 Å². The zero-order chi connectivity index (χ0) is 14.8. The first kappa shape index (κ1) is 16.3. The number of carbonyl (C=O) groups excluding carboxylic acids is 1. The number of hydrogen-bond donors (Lipinski definition) is 1. The second-order valence-corrected chi connectivity index (χ2v) is 5.93. The first-order valence-corrected chi connectivity index (χ1v) is 6.75. The van der Waals surface area contributed by atoms with Crippen molar-refractivity contribution in [2.24, 2.45) is 11.8 Å². The van der Waals surface area contributed by atoms with Crippen LogP contribution in [0.4, 0.5) is 13.2 Å². The zero-order valence-corrected chi connectivity index (χ0v) is 11.9. The summed E-state index contributed by atoms with van der Waals surface area (Å²) in [6.07, 6.45) is -4.81. The molecule has 0 aliphatic carbocycles. The predicted molar refractivity (Wildman–Crippen MR) is 67.4 cm³/mol. The Morgan fingerprint density at radius 1 is 1.26 bits per heavy atom. The van der Waals surface area contributed by atoms with Crippen molar-refractivity contribution in [2.45, 2.75) is 58.9 Å². The van der Waals surface area contributed by atoms with Crippen molar-refractivity contribution in [1.82, 2.24) is 10.2 Å². The van der Waals surface area contributed by atoms with Crippen LogP contribution in [0.2, 0.25) is 0 Å². The van der Waals surface area contributed by atoms with E-state index >= 15 is 0 Å². The number of amides is 1. The monoisotopic (exact) mass is 280 g/mol. The van der Waals surface area contributed by atoms with Gasteiger partial charge in [-0.2, -0.15) is 13.2 Å². The van der Waals surface area contributed by atoms with E-state index in [-0.39, 0.29) is 30.6 Å². The van der Waals surface area contributed by atoms with Gasteiger partial charge in [-0.3, -0.25) is 10.1 Å². The van der Waals surface area contributed by atoms with Crippen molar-refractivity contribution < 1.29 is 18.0 Å².